The van der Waals surface area contributed by atoms with Crippen LogP contribution in [0.2, 0.25) is 0 Å². The van der Waals surface area contributed by atoms with Crippen molar-refractivity contribution in [1.29, 1.82) is 0 Å². The van der Waals surface area contributed by atoms with Gasteiger partial charge in [0, 0.05) is 19.2 Å². The number of thiophene rings is 1. The van der Waals surface area contributed by atoms with Crippen molar-refractivity contribution >= 4 is 23.2 Å². The summed E-state index contributed by atoms with van der Waals surface area (Å²) < 4.78 is 5.83. The molecule has 0 aliphatic heterocycles. The Balaban J connectivity index is 1.38. The Morgan fingerprint density at radius 2 is 1.74 bits per heavy atom. The zero-order valence-corrected chi connectivity index (χ0v) is 19.3. The van der Waals surface area contributed by atoms with Crippen LogP contribution in [-0.4, -0.2) is 22.8 Å². The van der Waals surface area contributed by atoms with Gasteiger partial charge in [-0.25, -0.2) is 0 Å². The van der Waals surface area contributed by atoms with Crippen molar-refractivity contribution in [1.82, 2.24) is 15.6 Å². The molecule has 0 bridgehead atoms. The van der Waals surface area contributed by atoms with Gasteiger partial charge in [-0.3, -0.25) is 14.6 Å². The zero-order valence-electron chi connectivity index (χ0n) is 18.5. The van der Waals surface area contributed by atoms with Crippen LogP contribution in [0.5, 0.6) is 5.75 Å². The summed E-state index contributed by atoms with van der Waals surface area (Å²) in [6, 6.07) is 25.8. The first-order valence-corrected chi connectivity index (χ1v) is 11.8. The molecule has 0 saturated carbocycles. The second-order valence-corrected chi connectivity index (χ2v) is 8.62. The molecule has 0 spiro atoms. The summed E-state index contributed by atoms with van der Waals surface area (Å²) in [6.45, 7) is 0.685. The van der Waals surface area contributed by atoms with Crippen molar-refractivity contribution in [3.05, 3.63) is 118 Å². The molecule has 34 heavy (non-hydrogen) atoms. The molecule has 1 atom stereocenters. The van der Waals surface area contributed by atoms with Crippen molar-refractivity contribution in [2.45, 2.75) is 25.6 Å². The van der Waals surface area contributed by atoms with Crippen LogP contribution in [-0.2, 0) is 24.4 Å². The molecule has 7 heteroatoms. The third-order valence-corrected chi connectivity index (χ3v) is 6.00. The molecule has 2 aromatic carbocycles. The Morgan fingerprint density at radius 3 is 2.50 bits per heavy atom. The maximum absolute atomic E-state index is 13.1. The molecule has 4 rings (SSSR count). The minimum atomic E-state index is -0.694. The standard InChI is InChI=1S/C27H25N3O3S/c31-26(24(17-20-8-2-1-3-9-20)30-27(32)25-13-7-15-34-25)29-18-21-10-6-12-23(16-21)33-19-22-11-4-5-14-28-22/h1-16,24H,17-19H2,(H,29,31)(H,30,32). The Bertz CT molecular complexity index is 1200. The lowest BCUT2D eigenvalue weighted by Gasteiger charge is -2.18. The smallest absolute Gasteiger partial charge is 0.262 e. The highest BCUT2D eigenvalue weighted by Gasteiger charge is 2.22. The van der Waals surface area contributed by atoms with E-state index < -0.39 is 6.04 Å². The fourth-order valence-electron chi connectivity index (χ4n) is 3.39. The second kappa shape index (κ2) is 11.8. The number of benzene rings is 2. The number of ether oxygens (including phenoxy) is 1. The van der Waals surface area contributed by atoms with E-state index in [-0.39, 0.29) is 11.8 Å². The third-order valence-electron chi connectivity index (χ3n) is 5.13. The Labute approximate surface area is 202 Å². The third kappa shape index (κ3) is 6.76. The molecule has 172 valence electrons. The monoisotopic (exact) mass is 471 g/mol. The van der Waals surface area contributed by atoms with Gasteiger partial charge in [-0.1, -0.05) is 54.6 Å². The molecular formula is C27H25N3O3S. The summed E-state index contributed by atoms with van der Waals surface area (Å²) in [5.74, 6) is 0.203. The van der Waals surface area contributed by atoms with Crippen molar-refractivity contribution in [2.75, 3.05) is 0 Å². The first-order chi connectivity index (χ1) is 16.7. The van der Waals surface area contributed by atoms with Crippen LogP contribution in [0.1, 0.15) is 26.5 Å². The molecule has 0 aliphatic carbocycles. The summed E-state index contributed by atoms with van der Waals surface area (Å²) in [4.78, 5) is 30.5. The van der Waals surface area contributed by atoms with Gasteiger partial charge in [0.15, 0.2) is 0 Å². The summed E-state index contributed by atoms with van der Waals surface area (Å²) in [7, 11) is 0. The van der Waals surface area contributed by atoms with E-state index in [0.717, 1.165) is 16.8 Å². The quantitative estimate of drug-likeness (QED) is 0.360. The Hall–Kier alpha value is -3.97. The van der Waals surface area contributed by atoms with Gasteiger partial charge in [-0.15, -0.1) is 11.3 Å². The molecule has 6 nitrogen and oxygen atoms in total. The number of pyridine rings is 1. The lowest BCUT2D eigenvalue weighted by molar-refractivity contribution is -0.123. The van der Waals surface area contributed by atoms with Crippen molar-refractivity contribution in [3.8, 4) is 5.75 Å². The number of nitrogens with zero attached hydrogens (tertiary/aromatic N) is 1. The van der Waals surface area contributed by atoms with E-state index in [4.69, 9.17) is 4.74 Å². The predicted octanol–water partition coefficient (Wildman–Crippen LogP) is 4.38. The van der Waals surface area contributed by atoms with Gasteiger partial charge in [0.05, 0.1) is 10.6 Å². The molecule has 0 fully saturated rings. The SMILES string of the molecule is O=C(NC(Cc1ccccc1)C(=O)NCc1cccc(OCc2ccccn2)c1)c1cccs1. The summed E-state index contributed by atoms with van der Waals surface area (Å²) in [6.07, 6.45) is 2.13. The predicted molar refractivity (Wildman–Crippen MR) is 133 cm³/mol. The molecule has 1 unspecified atom stereocenters. The van der Waals surface area contributed by atoms with Crippen LogP contribution in [0.25, 0.3) is 0 Å². The van der Waals surface area contributed by atoms with E-state index in [0.29, 0.717) is 30.2 Å². The van der Waals surface area contributed by atoms with Gasteiger partial charge in [-0.05, 0) is 46.8 Å². The van der Waals surface area contributed by atoms with E-state index in [1.165, 1.54) is 11.3 Å². The minimum Gasteiger partial charge on any atom is -0.487 e. The first kappa shape index (κ1) is 23.2. The molecule has 0 saturated heterocycles. The molecule has 0 radical (unpaired) electrons. The minimum absolute atomic E-state index is 0.242. The molecule has 2 amide bonds. The van der Waals surface area contributed by atoms with Crippen LogP contribution < -0.4 is 15.4 Å². The van der Waals surface area contributed by atoms with Gasteiger partial charge < -0.3 is 15.4 Å². The maximum Gasteiger partial charge on any atom is 0.262 e. The summed E-state index contributed by atoms with van der Waals surface area (Å²) in [5, 5.41) is 7.67. The Kier molecular flexibility index (Phi) is 8.03. The van der Waals surface area contributed by atoms with E-state index in [9.17, 15) is 9.59 Å². The average Bonchev–Trinajstić information content (AvgIpc) is 3.43. The lowest BCUT2D eigenvalue weighted by Crippen LogP contribution is -2.47. The maximum atomic E-state index is 13.1. The number of nitrogens with one attached hydrogen (secondary N) is 2. The number of hydrogen-bond acceptors (Lipinski definition) is 5. The highest BCUT2D eigenvalue weighted by molar-refractivity contribution is 7.12. The Morgan fingerprint density at radius 1 is 0.912 bits per heavy atom. The topological polar surface area (TPSA) is 80.3 Å². The van der Waals surface area contributed by atoms with E-state index in [1.807, 2.05) is 84.2 Å². The zero-order chi connectivity index (χ0) is 23.6. The van der Waals surface area contributed by atoms with E-state index >= 15 is 0 Å². The molecule has 2 aromatic heterocycles. The summed E-state index contributed by atoms with van der Waals surface area (Å²) >= 11 is 1.34. The highest BCUT2D eigenvalue weighted by atomic mass is 32.1. The normalized spacial score (nSPS) is 11.4. The number of carbonyl (C=O) groups is 2. The van der Waals surface area contributed by atoms with Gasteiger partial charge in [0.1, 0.15) is 18.4 Å². The van der Waals surface area contributed by atoms with Crippen LogP contribution in [0, 0.1) is 0 Å². The summed E-state index contributed by atoms with van der Waals surface area (Å²) in [5.41, 5.74) is 2.71. The van der Waals surface area contributed by atoms with Crippen molar-refractivity contribution < 1.29 is 14.3 Å². The van der Waals surface area contributed by atoms with E-state index in [1.54, 1.807) is 12.3 Å². The second-order valence-electron chi connectivity index (χ2n) is 7.67. The van der Waals surface area contributed by atoms with Gasteiger partial charge in [0.2, 0.25) is 5.91 Å². The molecule has 2 N–H and O–H groups in total. The first-order valence-electron chi connectivity index (χ1n) is 10.9. The van der Waals surface area contributed by atoms with Crippen LogP contribution in [0.4, 0.5) is 0 Å². The largest absolute Gasteiger partial charge is 0.487 e. The number of aromatic nitrogens is 1. The van der Waals surface area contributed by atoms with Crippen LogP contribution in [0.3, 0.4) is 0 Å². The van der Waals surface area contributed by atoms with Crippen LogP contribution >= 0.6 is 11.3 Å². The van der Waals surface area contributed by atoms with Crippen molar-refractivity contribution in [3.63, 3.8) is 0 Å². The number of carbonyl (C=O) groups excluding carboxylic acids is 2. The highest BCUT2D eigenvalue weighted by Crippen LogP contribution is 2.15. The molecule has 2 heterocycles. The molecular weight excluding hydrogens is 446 g/mol. The fourth-order valence-corrected chi connectivity index (χ4v) is 4.02. The fraction of sp³-hybridized carbons (Fsp3) is 0.148. The average molecular weight is 472 g/mol. The number of rotatable bonds is 10. The van der Waals surface area contributed by atoms with Gasteiger partial charge >= 0.3 is 0 Å². The van der Waals surface area contributed by atoms with E-state index in [2.05, 4.69) is 15.6 Å². The number of amides is 2. The van der Waals surface area contributed by atoms with Crippen molar-refractivity contribution in [2.24, 2.45) is 0 Å². The van der Waals surface area contributed by atoms with Gasteiger partial charge in [0.25, 0.3) is 5.91 Å². The van der Waals surface area contributed by atoms with Crippen LogP contribution in [0.15, 0.2) is 96.5 Å². The van der Waals surface area contributed by atoms with Gasteiger partial charge in [-0.2, -0.15) is 0 Å². The lowest BCUT2D eigenvalue weighted by atomic mass is 10.0. The molecule has 0 aliphatic rings. The molecule has 4 aromatic rings. The number of hydrogen-bond donors (Lipinski definition) is 2.